The number of hydrogen-bond acceptors (Lipinski definition) is 4. The van der Waals surface area contributed by atoms with Gasteiger partial charge in [0.25, 0.3) is 0 Å². The van der Waals surface area contributed by atoms with Gasteiger partial charge in [-0.25, -0.2) is 9.67 Å². The second kappa shape index (κ2) is 6.61. The minimum atomic E-state index is 0.302. The van der Waals surface area contributed by atoms with Crippen molar-refractivity contribution >= 4 is 0 Å². The van der Waals surface area contributed by atoms with E-state index in [1.54, 1.807) is 0 Å². The molecule has 0 radical (unpaired) electrons. The lowest BCUT2D eigenvalue weighted by molar-refractivity contribution is 0.561. The first-order valence-corrected chi connectivity index (χ1v) is 7.31. The first-order valence-electron chi connectivity index (χ1n) is 7.31. The van der Waals surface area contributed by atoms with Crippen LogP contribution in [0.1, 0.15) is 50.6 Å². The minimum Gasteiger partial charge on any atom is -0.312 e. The molecule has 0 aromatic carbocycles. The van der Waals surface area contributed by atoms with E-state index in [0.717, 1.165) is 42.3 Å². The first-order chi connectivity index (χ1) is 9.73. The molecule has 5 heteroatoms. The molecule has 0 aliphatic carbocycles. The summed E-state index contributed by atoms with van der Waals surface area (Å²) < 4.78 is 1.90. The summed E-state index contributed by atoms with van der Waals surface area (Å²) in [4.78, 5) is 9.08. The van der Waals surface area contributed by atoms with Crippen molar-refractivity contribution in [1.29, 1.82) is 0 Å². The van der Waals surface area contributed by atoms with Crippen LogP contribution in [0.2, 0.25) is 0 Å². The Balaban J connectivity index is 2.32. The number of nitrogens with zero attached hydrogens (tertiary/aromatic N) is 4. The van der Waals surface area contributed by atoms with Gasteiger partial charge in [0.05, 0.1) is 17.6 Å². The van der Waals surface area contributed by atoms with E-state index < -0.39 is 0 Å². The quantitative estimate of drug-likeness (QED) is 0.878. The van der Waals surface area contributed by atoms with Crippen molar-refractivity contribution in [2.75, 3.05) is 7.05 Å². The van der Waals surface area contributed by atoms with Crippen LogP contribution in [0.5, 0.6) is 0 Å². The van der Waals surface area contributed by atoms with Gasteiger partial charge in [-0.2, -0.15) is 5.10 Å². The van der Waals surface area contributed by atoms with E-state index >= 15 is 0 Å². The van der Waals surface area contributed by atoms with Crippen molar-refractivity contribution in [3.05, 3.63) is 35.7 Å². The maximum Gasteiger partial charge on any atom is 0.151 e. The van der Waals surface area contributed by atoms with Gasteiger partial charge in [-0.3, -0.25) is 4.98 Å². The molecule has 108 valence electrons. The molecule has 0 amide bonds. The Bertz CT molecular complexity index is 540. The van der Waals surface area contributed by atoms with Gasteiger partial charge in [-0.1, -0.05) is 20.8 Å². The molecule has 20 heavy (non-hydrogen) atoms. The molecular formula is C15H23N5. The predicted octanol–water partition coefficient (Wildman–Crippen LogP) is 2.46. The number of aromatic nitrogens is 4. The molecule has 2 heterocycles. The molecule has 0 saturated carbocycles. The average Bonchev–Trinajstić information content (AvgIpc) is 2.92. The fourth-order valence-electron chi connectivity index (χ4n) is 2.27. The highest BCUT2D eigenvalue weighted by Gasteiger charge is 2.11. The number of pyridine rings is 1. The molecule has 1 unspecified atom stereocenters. The molecule has 0 aliphatic heterocycles. The summed E-state index contributed by atoms with van der Waals surface area (Å²) in [5, 5.41) is 7.80. The number of hydrogen-bond donors (Lipinski definition) is 1. The lowest BCUT2D eigenvalue weighted by atomic mass is 10.1. The maximum atomic E-state index is 4.56. The van der Waals surface area contributed by atoms with E-state index in [-0.39, 0.29) is 0 Å². The van der Waals surface area contributed by atoms with Crippen LogP contribution in [-0.2, 0) is 12.8 Å². The standard InChI is InChI=1S/C15H23N5/c1-5-12(16-4)13-9-8-11(10-17-13)20-15(7-3)18-14(6-2)19-20/h8-10,12,16H,5-7H2,1-4H3. The van der Waals surface area contributed by atoms with Crippen molar-refractivity contribution < 1.29 is 0 Å². The Morgan fingerprint density at radius 1 is 1.20 bits per heavy atom. The third-order valence-electron chi connectivity index (χ3n) is 3.48. The van der Waals surface area contributed by atoms with Crippen molar-refractivity contribution in [2.45, 2.75) is 46.1 Å². The largest absolute Gasteiger partial charge is 0.312 e. The first kappa shape index (κ1) is 14.7. The van der Waals surface area contributed by atoms with Crippen LogP contribution in [0.15, 0.2) is 18.3 Å². The topological polar surface area (TPSA) is 55.6 Å². The van der Waals surface area contributed by atoms with Crippen LogP contribution >= 0.6 is 0 Å². The molecule has 2 rings (SSSR count). The summed E-state index contributed by atoms with van der Waals surface area (Å²) in [7, 11) is 1.96. The summed E-state index contributed by atoms with van der Waals surface area (Å²) in [5.41, 5.74) is 2.04. The lowest BCUT2D eigenvalue weighted by Crippen LogP contribution is -2.16. The van der Waals surface area contributed by atoms with Gasteiger partial charge in [-0.15, -0.1) is 0 Å². The smallest absolute Gasteiger partial charge is 0.151 e. The predicted molar refractivity (Wildman–Crippen MR) is 80.0 cm³/mol. The van der Waals surface area contributed by atoms with E-state index in [2.05, 4.69) is 53.3 Å². The summed E-state index contributed by atoms with van der Waals surface area (Å²) in [6.07, 6.45) is 4.61. The molecule has 1 atom stereocenters. The van der Waals surface area contributed by atoms with E-state index in [9.17, 15) is 0 Å². The molecule has 0 bridgehead atoms. The third kappa shape index (κ3) is 2.88. The van der Waals surface area contributed by atoms with E-state index in [1.807, 2.05) is 17.9 Å². The molecule has 0 spiro atoms. The van der Waals surface area contributed by atoms with Gasteiger partial charge in [0.15, 0.2) is 5.82 Å². The van der Waals surface area contributed by atoms with Gasteiger partial charge in [0, 0.05) is 18.9 Å². The van der Waals surface area contributed by atoms with Crippen molar-refractivity contribution in [3.63, 3.8) is 0 Å². The molecule has 2 aromatic heterocycles. The summed E-state index contributed by atoms with van der Waals surface area (Å²) in [6, 6.07) is 4.43. The molecule has 2 aromatic rings. The zero-order valence-corrected chi connectivity index (χ0v) is 12.7. The Kier molecular flexibility index (Phi) is 4.84. The van der Waals surface area contributed by atoms with Crippen LogP contribution in [0.4, 0.5) is 0 Å². The summed E-state index contributed by atoms with van der Waals surface area (Å²) in [5.74, 6) is 1.87. The van der Waals surface area contributed by atoms with Crippen molar-refractivity contribution in [1.82, 2.24) is 25.1 Å². The Morgan fingerprint density at radius 2 is 2.00 bits per heavy atom. The minimum absolute atomic E-state index is 0.302. The maximum absolute atomic E-state index is 4.56. The fraction of sp³-hybridized carbons (Fsp3) is 0.533. The van der Waals surface area contributed by atoms with Gasteiger partial charge >= 0.3 is 0 Å². The zero-order chi connectivity index (χ0) is 14.5. The zero-order valence-electron chi connectivity index (χ0n) is 12.7. The molecular weight excluding hydrogens is 250 g/mol. The van der Waals surface area contributed by atoms with Crippen LogP contribution in [0.25, 0.3) is 5.69 Å². The van der Waals surface area contributed by atoms with Gasteiger partial charge < -0.3 is 5.32 Å². The lowest BCUT2D eigenvalue weighted by Gasteiger charge is -2.13. The van der Waals surface area contributed by atoms with Gasteiger partial charge in [0.1, 0.15) is 5.82 Å². The average molecular weight is 273 g/mol. The fourth-order valence-corrected chi connectivity index (χ4v) is 2.27. The molecule has 1 N–H and O–H groups in total. The molecule has 0 saturated heterocycles. The number of aryl methyl sites for hydroxylation is 2. The Hall–Kier alpha value is -1.75. The number of nitrogens with one attached hydrogen (secondary N) is 1. The molecule has 0 aliphatic rings. The second-order valence-corrected chi connectivity index (χ2v) is 4.75. The van der Waals surface area contributed by atoms with Crippen molar-refractivity contribution in [3.8, 4) is 5.69 Å². The van der Waals surface area contributed by atoms with Gasteiger partial charge in [0.2, 0.25) is 0 Å². The Morgan fingerprint density at radius 3 is 2.50 bits per heavy atom. The highest BCUT2D eigenvalue weighted by molar-refractivity contribution is 5.30. The second-order valence-electron chi connectivity index (χ2n) is 4.75. The molecule has 5 nitrogen and oxygen atoms in total. The van der Waals surface area contributed by atoms with Crippen LogP contribution < -0.4 is 5.32 Å². The third-order valence-corrected chi connectivity index (χ3v) is 3.48. The van der Waals surface area contributed by atoms with Crippen LogP contribution in [-0.4, -0.2) is 26.8 Å². The van der Waals surface area contributed by atoms with E-state index in [1.165, 1.54) is 0 Å². The molecule has 0 fully saturated rings. The van der Waals surface area contributed by atoms with E-state index in [0.29, 0.717) is 6.04 Å². The monoisotopic (exact) mass is 273 g/mol. The van der Waals surface area contributed by atoms with Crippen LogP contribution in [0.3, 0.4) is 0 Å². The van der Waals surface area contributed by atoms with E-state index in [4.69, 9.17) is 0 Å². The number of rotatable bonds is 6. The van der Waals surface area contributed by atoms with Crippen LogP contribution in [0, 0.1) is 0 Å². The van der Waals surface area contributed by atoms with Gasteiger partial charge in [-0.05, 0) is 25.6 Å². The highest BCUT2D eigenvalue weighted by atomic mass is 15.4. The summed E-state index contributed by atoms with van der Waals surface area (Å²) in [6.45, 7) is 6.31. The highest BCUT2D eigenvalue weighted by Crippen LogP contribution is 2.16. The normalized spacial score (nSPS) is 12.6. The summed E-state index contributed by atoms with van der Waals surface area (Å²) >= 11 is 0. The SMILES string of the molecule is CCc1nc(CC)n(-c2ccc(C(CC)NC)nc2)n1. The Labute approximate surface area is 120 Å². The van der Waals surface area contributed by atoms with Crippen molar-refractivity contribution in [2.24, 2.45) is 0 Å².